The van der Waals surface area contributed by atoms with Crippen LogP contribution in [0, 0.1) is 0 Å². The molecule has 0 aliphatic heterocycles. The first-order valence-corrected chi connectivity index (χ1v) is 6.73. The highest BCUT2D eigenvalue weighted by Crippen LogP contribution is 2.27. The molecule has 0 unspecified atom stereocenters. The largest absolute Gasteiger partial charge is 0.477 e. The monoisotopic (exact) mass is 302 g/mol. The lowest BCUT2D eigenvalue weighted by atomic mass is 10.1. The highest BCUT2D eigenvalue weighted by Gasteiger charge is 2.17. The van der Waals surface area contributed by atoms with E-state index >= 15 is 0 Å². The molecule has 0 fully saturated rings. The average Bonchev–Trinajstić information content (AvgIpc) is 2.89. The van der Waals surface area contributed by atoms with Gasteiger partial charge in [-0.1, -0.05) is 36.7 Å². The van der Waals surface area contributed by atoms with E-state index in [0.29, 0.717) is 28.5 Å². The molecule has 3 rings (SSSR count). The topological polar surface area (TPSA) is 80.4 Å². The molecular weight excluding hydrogens is 292 g/mol. The van der Waals surface area contributed by atoms with Crippen LogP contribution in [0.3, 0.4) is 0 Å². The summed E-state index contributed by atoms with van der Waals surface area (Å²) in [6.07, 6.45) is 0.601. The molecule has 2 heterocycles. The van der Waals surface area contributed by atoms with Crippen LogP contribution < -0.4 is 0 Å². The number of carbonyl (C=O) groups is 1. The first kappa shape index (κ1) is 13.5. The molecule has 21 heavy (non-hydrogen) atoms. The minimum Gasteiger partial charge on any atom is -0.477 e. The fraction of sp³-hybridized carbons (Fsp3) is 0.143. The highest BCUT2D eigenvalue weighted by atomic mass is 35.5. The third kappa shape index (κ3) is 2.34. The summed E-state index contributed by atoms with van der Waals surface area (Å²) in [7, 11) is 0. The van der Waals surface area contributed by atoms with Crippen molar-refractivity contribution in [2.45, 2.75) is 13.3 Å². The molecule has 0 bridgehead atoms. The molecule has 0 saturated carbocycles. The Balaban J connectivity index is 2.30. The van der Waals surface area contributed by atoms with Crippen LogP contribution in [0.25, 0.3) is 17.0 Å². The van der Waals surface area contributed by atoms with E-state index < -0.39 is 5.97 Å². The van der Waals surface area contributed by atoms with E-state index in [9.17, 15) is 9.90 Å². The molecule has 0 aliphatic rings. The smallest absolute Gasteiger partial charge is 0.354 e. The van der Waals surface area contributed by atoms with Crippen LogP contribution in [0.1, 0.15) is 23.2 Å². The van der Waals surface area contributed by atoms with Crippen LogP contribution in [0.2, 0.25) is 5.02 Å². The number of aromatic nitrogens is 4. The molecule has 106 valence electrons. The molecule has 0 aliphatic carbocycles. The summed E-state index contributed by atoms with van der Waals surface area (Å²) in [6.45, 7) is 1.89. The van der Waals surface area contributed by atoms with Crippen molar-refractivity contribution in [1.29, 1.82) is 0 Å². The Morgan fingerprint density at radius 3 is 2.76 bits per heavy atom. The Bertz CT molecular complexity index is 844. The van der Waals surface area contributed by atoms with Gasteiger partial charge >= 0.3 is 5.97 Å². The summed E-state index contributed by atoms with van der Waals surface area (Å²) in [6, 6.07) is 8.57. The lowest BCUT2D eigenvalue weighted by Crippen LogP contribution is -2.08. The molecule has 0 saturated heterocycles. The zero-order valence-corrected chi connectivity index (χ0v) is 11.9. The number of rotatable bonds is 3. The van der Waals surface area contributed by atoms with Gasteiger partial charge in [-0.05, 0) is 12.1 Å². The average molecular weight is 303 g/mol. The first-order chi connectivity index (χ1) is 10.1. The summed E-state index contributed by atoms with van der Waals surface area (Å²) in [5.41, 5.74) is 1.12. The van der Waals surface area contributed by atoms with Crippen LogP contribution in [0.5, 0.6) is 0 Å². The van der Waals surface area contributed by atoms with E-state index in [2.05, 4.69) is 15.1 Å². The SMILES string of the molecule is CCc1nc2nc(-c3ccccc3Cl)cc(C(=O)O)n2n1. The number of aryl methyl sites for hydroxylation is 1. The van der Waals surface area contributed by atoms with Gasteiger partial charge in [0.2, 0.25) is 0 Å². The number of carboxylic acids is 1. The van der Waals surface area contributed by atoms with Crippen molar-refractivity contribution >= 4 is 23.3 Å². The zero-order chi connectivity index (χ0) is 15.0. The maximum atomic E-state index is 11.4. The molecule has 0 spiro atoms. The van der Waals surface area contributed by atoms with Gasteiger partial charge in [0, 0.05) is 17.0 Å². The van der Waals surface area contributed by atoms with Crippen LogP contribution in [-0.2, 0) is 6.42 Å². The van der Waals surface area contributed by atoms with Gasteiger partial charge in [-0.25, -0.2) is 9.78 Å². The summed E-state index contributed by atoms with van der Waals surface area (Å²) in [5, 5.41) is 14.0. The molecule has 2 aromatic heterocycles. The summed E-state index contributed by atoms with van der Waals surface area (Å²) < 4.78 is 1.24. The van der Waals surface area contributed by atoms with E-state index in [0.717, 1.165) is 0 Å². The number of hydrogen-bond donors (Lipinski definition) is 1. The Hall–Kier alpha value is -2.47. The van der Waals surface area contributed by atoms with E-state index in [-0.39, 0.29) is 11.5 Å². The van der Waals surface area contributed by atoms with Crippen LogP contribution >= 0.6 is 11.6 Å². The first-order valence-electron chi connectivity index (χ1n) is 6.35. The van der Waals surface area contributed by atoms with Gasteiger partial charge in [0.1, 0.15) is 0 Å². The summed E-state index contributed by atoms with van der Waals surface area (Å²) >= 11 is 6.14. The van der Waals surface area contributed by atoms with Crippen molar-refractivity contribution in [2.75, 3.05) is 0 Å². The predicted octanol–water partition coefficient (Wildman–Crippen LogP) is 2.71. The maximum absolute atomic E-state index is 11.4. The number of aromatic carboxylic acids is 1. The molecule has 0 atom stereocenters. The number of hydrogen-bond acceptors (Lipinski definition) is 4. The zero-order valence-electron chi connectivity index (χ0n) is 11.1. The van der Waals surface area contributed by atoms with Gasteiger partial charge in [-0.3, -0.25) is 0 Å². The van der Waals surface area contributed by atoms with Crippen molar-refractivity contribution in [3.63, 3.8) is 0 Å². The minimum absolute atomic E-state index is 0.00196. The number of benzene rings is 1. The number of fused-ring (bicyclic) bond motifs is 1. The Labute approximate surface area is 125 Å². The Kier molecular flexibility index (Phi) is 3.31. The fourth-order valence-corrected chi connectivity index (χ4v) is 2.25. The van der Waals surface area contributed by atoms with Gasteiger partial charge in [-0.2, -0.15) is 9.50 Å². The third-order valence-electron chi connectivity index (χ3n) is 3.04. The van der Waals surface area contributed by atoms with Crippen molar-refractivity contribution in [3.05, 3.63) is 46.9 Å². The molecule has 1 N–H and O–H groups in total. The Morgan fingerprint density at radius 2 is 2.10 bits per heavy atom. The standard InChI is InChI=1S/C14H11ClN4O2/c1-2-12-17-14-16-10(8-5-3-4-6-9(8)15)7-11(13(20)21)19(14)18-12/h3-7H,2H2,1H3,(H,20,21). The fourth-order valence-electron chi connectivity index (χ4n) is 2.02. The quantitative estimate of drug-likeness (QED) is 0.804. The van der Waals surface area contributed by atoms with E-state index in [1.807, 2.05) is 13.0 Å². The van der Waals surface area contributed by atoms with Crippen molar-refractivity contribution in [2.24, 2.45) is 0 Å². The molecule has 6 nitrogen and oxygen atoms in total. The van der Waals surface area contributed by atoms with Gasteiger partial charge < -0.3 is 5.11 Å². The Morgan fingerprint density at radius 1 is 1.33 bits per heavy atom. The number of halogens is 1. The normalized spacial score (nSPS) is 11.0. The minimum atomic E-state index is -1.09. The second-order valence-corrected chi connectivity index (χ2v) is 4.81. The second kappa shape index (κ2) is 5.14. The highest BCUT2D eigenvalue weighted by molar-refractivity contribution is 6.33. The van der Waals surface area contributed by atoms with Crippen molar-refractivity contribution in [1.82, 2.24) is 19.6 Å². The van der Waals surface area contributed by atoms with Crippen LogP contribution in [-0.4, -0.2) is 30.7 Å². The van der Waals surface area contributed by atoms with Gasteiger partial charge in [0.05, 0.1) is 5.69 Å². The van der Waals surface area contributed by atoms with E-state index in [1.54, 1.807) is 18.2 Å². The van der Waals surface area contributed by atoms with Gasteiger partial charge in [-0.15, -0.1) is 5.10 Å². The number of carboxylic acid groups (broad SMARTS) is 1. The molecule has 0 amide bonds. The lowest BCUT2D eigenvalue weighted by Gasteiger charge is -2.05. The van der Waals surface area contributed by atoms with Crippen molar-refractivity contribution < 1.29 is 9.90 Å². The molecule has 3 aromatic rings. The van der Waals surface area contributed by atoms with E-state index in [4.69, 9.17) is 11.6 Å². The molecule has 7 heteroatoms. The molecular formula is C14H11ClN4O2. The van der Waals surface area contributed by atoms with Crippen molar-refractivity contribution in [3.8, 4) is 11.3 Å². The maximum Gasteiger partial charge on any atom is 0.354 e. The molecule has 1 aromatic carbocycles. The van der Waals surface area contributed by atoms with E-state index in [1.165, 1.54) is 10.6 Å². The van der Waals surface area contributed by atoms with Crippen LogP contribution in [0.4, 0.5) is 0 Å². The van der Waals surface area contributed by atoms with Gasteiger partial charge in [0.15, 0.2) is 11.5 Å². The summed E-state index contributed by atoms with van der Waals surface area (Å²) in [5.74, 6) is -0.300. The van der Waals surface area contributed by atoms with Gasteiger partial charge in [0.25, 0.3) is 5.78 Å². The predicted molar refractivity (Wildman–Crippen MR) is 77.6 cm³/mol. The second-order valence-electron chi connectivity index (χ2n) is 4.41. The third-order valence-corrected chi connectivity index (χ3v) is 3.37. The molecule has 0 radical (unpaired) electrons. The lowest BCUT2D eigenvalue weighted by molar-refractivity contribution is 0.0687. The summed E-state index contributed by atoms with van der Waals surface area (Å²) in [4.78, 5) is 20.0. The number of nitrogens with zero attached hydrogens (tertiary/aromatic N) is 4. The van der Waals surface area contributed by atoms with Crippen LogP contribution in [0.15, 0.2) is 30.3 Å².